The maximum absolute atomic E-state index is 12.6. The van der Waals surface area contributed by atoms with E-state index in [-0.39, 0.29) is 24.7 Å². The van der Waals surface area contributed by atoms with Crippen LogP contribution in [-0.2, 0) is 20.4 Å². The lowest BCUT2D eigenvalue weighted by atomic mass is 9.68. The molecule has 3 aromatic carbocycles. The zero-order valence-electron chi connectivity index (χ0n) is 19.8. The summed E-state index contributed by atoms with van der Waals surface area (Å²) in [6.07, 6.45) is 0.253. The number of esters is 1. The molecule has 0 atom stereocenters. The SMILES string of the molecule is CC(C)(c1ccccc1)c1cccc(OC(=O)CCCC(=O)O)c1C(C)(C)c1ccccc1. The molecule has 0 saturated heterocycles. The molecule has 4 heteroatoms. The van der Waals surface area contributed by atoms with Gasteiger partial charge in [-0.25, -0.2) is 0 Å². The van der Waals surface area contributed by atoms with Gasteiger partial charge in [-0.1, -0.05) is 100 Å². The Balaban J connectivity index is 2.12. The Labute approximate surface area is 196 Å². The topological polar surface area (TPSA) is 63.6 Å². The number of benzene rings is 3. The van der Waals surface area contributed by atoms with Gasteiger partial charge in [-0.3, -0.25) is 9.59 Å². The second-order valence-corrected chi connectivity index (χ2v) is 9.38. The number of carboxylic acid groups (broad SMARTS) is 1. The molecule has 0 aliphatic heterocycles. The first kappa shape index (κ1) is 24.2. The van der Waals surface area contributed by atoms with E-state index in [9.17, 15) is 9.59 Å². The van der Waals surface area contributed by atoms with Gasteiger partial charge in [0.15, 0.2) is 0 Å². The summed E-state index contributed by atoms with van der Waals surface area (Å²) in [5.41, 5.74) is 3.54. The van der Waals surface area contributed by atoms with E-state index in [2.05, 4.69) is 58.0 Å². The van der Waals surface area contributed by atoms with Crippen molar-refractivity contribution in [2.45, 2.75) is 57.8 Å². The van der Waals surface area contributed by atoms with Gasteiger partial charge in [0.1, 0.15) is 5.75 Å². The molecule has 0 aromatic heterocycles. The number of carboxylic acids is 1. The number of hydrogen-bond donors (Lipinski definition) is 1. The highest BCUT2D eigenvalue weighted by Crippen LogP contribution is 2.45. The molecule has 1 N–H and O–H groups in total. The molecule has 4 nitrogen and oxygen atoms in total. The van der Waals surface area contributed by atoms with Crippen LogP contribution in [0, 0.1) is 0 Å². The number of carbonyl (C=O) groups is 2. The van der Waals surface area contributed by atoms with Gasteiger partial charge in [-0.05, 0) is 29.2 Å². The fourth-order valence-electron chi connectivity index (χ4n) is 4.35. The third-order valence-electron chi connectivity index (χ3n) is 6.31. The predicted molar refractivity (Wildman–Crippen MR) is 131 cm³/mol. The normalized spacial score (nSPS) is 11.8. The van der Waals surface area contributed by atoms with Crippen molar-refractivity contribution in [3.05, 3.63) is 101 Å². The molecular weight excluding hydrogens is 412 g/mol. The van der Waals surface area contributed by atoms with E-state index in [1.807, 2.05) is 48.5 Å². The molecule has 0 unspecified atom stereocenters. The summed E-state index contributed by atoms with van der Waals surface area (Å²) in [6.45, 7) is 8.65. The average Bonchev–Trinajstić information content (AvgIpc) is 2.79. The minimum atomic E-state index is -0.916. The van der Waals surface area contributed by atoms with Crippen LogP contribution >= 0.6 is 0 Å². The average molecular weight is 445 g/mol. The van der Waals surface area contributed by atoms with Crippen molar-refractivity contribution in [1.29, 1.82) is 0 Å². The van der Waals surface area contributed by atoms with Crippen LogP contribution in [-0.4, -0.2) is 17.0 Å². The molecular formula is C29H32O4. The fourth-order valence-corrected chi connectivity index (χ4v) is 4.35. The first-order valence-corrected chi connectivity index (χ1v) is 11.3. The molecule has 0 aliphatic rings. The molecule has 0 radical (unpaired) electrons. The lowest BCUT2D eigenvalue weighted by Gasteiger charge is -2.36. The molecule has 33 heavy (non-hydrogen) atoms. The van der Waals surface area contributed by atoms with E-state index < -0.39 is 17.4 Å². The molecule has 3 aromatic rings. The lowest BCUT2D eigenvalue weighted by molar-refractivity contribution is -0.137. The highest BCUT2D eigenvalue weighted by molar-refractivity contribution is 5.74. The summed E-state index contributed by atoms with van der Waals surface area (Å²) >= 11 is 0. The van der Waals surface area contributed by atoms with E-state index in [1.54, 1.807) is 0 Å². The minimum absolute atomic E-state index is 0.0570. The Kier molecular flexibility index (Phi) is 7.37. The van der Waals surface area contributed by atoms with E-state index in [4.69, 9.17) is 9.84 Å². The number of ether oxygens (including phenoxy) is 1. The summed E-state index contributed by atoms with van der Waals surface area (Å²) in [4.78, 5) is 23.4. The highest BCUT2D eigenvalue weighted by atomic mass is 16.5. The van der Waals surface area contributed by atoms with Gasteiger partial charge in [-0.2, -0.15) is 0 Å². The predicted octanol–water partition coefficient (Wildman–Crippen LogP) is 6.50. The van der Waals surface area contributed by atoms with E-state index >= 15 is 0 Å². The second-order valence-electron chi connectivity index (χ2n) is 9.38. The molecule has 0 bridgehead atoms. The third kappa shape index (κ3) is 5.51. The van der Waals surface area contributed by atoms with Crippen LogP contribution in [0.4, 0.5) is 0 Å². The van der Waals surface area contributed by atoms with E-state index in [0.717, 1.165) is 16.7 Å². The largest absolute Gasteiger partial charge is 0.481 e. The third-order valence-corrected chi connectivity index (χ3v) is 6.31. The molecule has 0 aliphatic carbocycles. The van der Waals surface area contributed by atoms with E-state index in [0.29, 0.717) is 5.75 Å². The van der Waals surface area contributed by atoms with Crippen LogP contribution in [0.5, 0.6) is 5.75 Å². The van der Waals surface area contributed by atoms with Crippen molar-refractivity contribution in [2.24, 2.45) is 0 Å². The maximum Gasteiger partial charge on any atom is 0.311 e. The Bertz CT molecular complexity index is 1100. The second kappa shape index (κ2) is 10.0. The summed E-state index contributed by atoms with van der Waals surface area (Å²) in [6, 6.07) is 26.4. The van der Waals surface area contributed by atoms with Gasteiger partial charge in [0.2, 0.25) is 0 Å². The molecule has 172 valence electrons. The maximum atomic E-state index is 12.6. The van der Waals surface area contributed by atoms with Gasteiger partial charge in [0, 0.05) is 29.2 Å². The van der Waals surface area contributed by atoms with Crippen LogP contribution in [0.15, 0.2) is 78.9 Å². The quantitative estimate of drug-likeness (QED) is 0.302. The number of carbonyl (C=O) groups excluding carboxylic acids is 1. The Morgan fingerprint density at radius 3 is 1.82 bits per heavy atom. The summed E-state index contributed by atoms with van der Waals surface area (Å²) in [7, 11) is 0. The van der Waals surface area contributed by atoms with Crippen molar-refractivity contribution >= 4 is 11.9 Å². The van der Waals surface area contributed by atoms with Gasteiger partial charge >= 0.3 is 11.9 Å². The van der Waals surface area contributed by atoms with Gasteiger partial charge < -0.3 is 9.84 Å². The van der Waals surface area contributed by atoms with Gasteiger partial charge in [0.25, 0.3) is 0 Å². The smallest absolute Gasteiger partial charge is 0.311 e. The van der Waals surface area contributed by atoms with Gasteiger partial charge in [-0.15, -0.1) is 0 Å². The van der Waals surface area contributed by atoms with Crippen molar-refractivity contribution in [1.82, 2.24) is 0 Å². The van der Waals surface area contributed by atoms with Crippen LogP contribution in [0.2, 0.25) is 0 Å². The Morgan fingerprint density at radius 2 is 1.27 bits per heavy atom. The zero-order chi connectivity index (χ0) is 24.1. The lowest BCUT2D eigenvalue weighted by Crippen LogP contribution is -2.29. The first-order valence-electron chi connectivity index (χ1n) is 11.3. The van der Waals surface area contributed by atoms with Crippen molar-refractivity contribution in [3.63, 3.8) is 0 Å². The molecule has 0 amide bonds. The molecule has 0 saturated carbocycles. The van der Waals surface area contributed by atoms with E-state index in [1.165, 1.54) is 5.56 Å². The van der Waals surface area contributed by atoms with Gasteiger partial charge in [0.05, 0.1) is 0 Å². The fraction of sp³-hybridized carbons (Fsp3) is 0.310. The molecule has 0 spiro atoms. The number of aliphatic carboxylic acids is 1. The molecule has 3 rings (SSSR count). The molecule has 0 heterocycles. The first-order chi connectivity index (χ1) is 15.6. The van der Waals surface area contributed by atoms with Crippen LogP contribution in [0.3, 0.4) is 0 Å². The van der Waals surface area contributed by atoms with Crippen molar-refractivity contribution in [3.8, 4) is 5.75 Å². The highest BCUT2D eigenvalue weighted by Gasteiger charge is 2.36. The minimum Gasteiger partial charge on any atom is -0.481 e. The van der Waals surface area contributed by atoms with Crippen LogP contribution in [0.25, 0.3) is 0 Å². The van der Waals surface area contributed by atoms with Crippen molar-refractivity contribution in [2.75, 3.05) is 0 Å². The van der Waals surface area contributed by atoms with Crippen molar-refractivity contribution < 1.29 is 19.4 Å². The Morgan fingerprint density at radius 1 is 0.727 bits per heavy atom. The summed E-state index contributed by atoms with van der Waals surface area (Å²) < 4.78 is 5.88. The summed E-state index contributed by atoms with van der Waals surface area (Å²) in [5, 5.41) is 8.88. The Hall–Kier alpha value is -3.40. The molecule has 0 fully saturated rings. The zero-order valence-corrected chi connectivity index (χ0v) is 19.8. The standard InChI is InChI=1S/C29H32O4/c1-28(2,21-13-7-5-8-14-21)23-17-11-18-24(33-26(32)20-12-19-25(30)31)27(23)29(3,4)22-15-9-6-10-16-22/h5-11,13-18H,12,19-20H2,1-4H3,(H,30,31). The van der Waals surface area contributed by atoms with Crippen LogP contribution < -0.4 is 4.74 Å². The number of hydrogen-bond acceptors (Lipinski definition) is 3. The van der Waals surface area contributed by atoms with Crippen LogP contribution in [0.1, 0.15) is 69.2 Å². The summed E-state index contributed by atoms with van der Waals surface area (Å²) in [5.74, 6) is -0.818. The number of rotatable bonds is 9. The monoisotopic (exact) mass is 444 g/mol.